The Morgan fingerprint density at radius 3 is 2.95 bits per heavy atom. The lowest BCUT2D eigenvalue weighted by atomic mass is 9.89. The summed E-state index contributed by atoms with van der Waals surface area (Å²) in [6.45, 7) is 2.58. The molecule has 5 heteroatoms. The van der Waals surface area contributed by atoms with Crippen LogP contribution in [0.5, 0.6) is 0 Å². The summed E-state index contributed by atoms with van der Waals surface area (Å²) in [5.41, 5.74) is 1.86. The molecule has 0 radical (unpaired) electrons. The smallest absolute Gasteiger partial charge is 0.238 e. The molecule has 1 heterocycles. The highest BCUT2D eigenvalue weighted by molar-refractivity contribution is 7.16. The molecule has 1 aromatic rings. The van der Waals surface area contributed by atoms with Crippen molar-refractivity contribution in [2.75, 3.05) is 11.9 Å². The molecule has 4 nitrogen and oxygen atoms in total. The second kappa shape index (κ2) is 5.55. The molecular formula is C15H19N3OS. The van der Waals surface area contributed by atoms with Crippen molar-refractivity contribution in [3.63, 3.8) is 0 Å². The minimum atomic E-state index is -0.0416. The van der Waals surface area contributed by atoms with Gasteiger partial charge in [-0.3, -0.25) is 4.79 Å². The number of hydrogen-bond acceptors (Lipinski definition) is 4. The van der Waals surface area contributed by atoms with Crippen LogP contribution in [0.2, 0.25) is 0 Å². The Morgan fingerprint density at radius 2 is 2.25 bits per heavy atom. The first-order chi connectivity index (χ1) is 9.67. The average molecular weight is 289 g/mol. The molecule has 1 fully saturated rings. The summed E-state index contributed by atoms with van der Waals surface area (Å²) in [4.78, 5) is 13.2. The fraction of sp³-hybridized carbons (Fsp3) is 0.600. The van der Waals surface area contributed by atoms with Crippen LogP contribution in [0.25, 0.3) is 0 Å². The van der Waals surface area contributed by atoms with Gasteiger partial charge < -0.3 is 10.6 Å². The predicted octanol–water partition coefficient (Wildman–Crippen LogP) is 2.44. The summed E-state index contributed by atoms with van der Waals surface area (Å²) in [5.74, 6) is 0.632. The summed E-state index contributed by atoms with van der Waals surface area (Å²) in [5, 5.41) is 16.2. The highest BCUT2D eigenvalue weighted by Crippen LogP contribution is 2.39. The number of anilines is 1. The number of hydrogen-bond donors (Lipinski definition) is 2. The van der Waals surface area contributed by atoms with E-state index in [-0.39, 0.29) is 5.91 Å². The van der Waals surface area contributed by atoms with Gasteiger partial charge in [-0.15, -0.1) is 11.3 Å². The van der Waals surface area contributed by atoms with Crippen LogP contribution in [-0.2, 0) is 17.6 Å². The summed E-state index contributed by atoms with van der Waals surface area (Å²) >= 11 is 1.59. The fourth-order valence-corrected chi connectivity index (χ4v) is 4.03. The minimum Gasteiger partial charge on any atom is -0.315 e. The highest BCUT2D eigenvalue weighted by Gasteiger charge is 2.25. The minimum absolute atomic E-state index is 0.0416. The van der Waals surface area contributed by atoms with E-state index in [1.165, 1.54) is 23.3 Å². The number of amides is 1. The Kier molecular flexibility index (Phi) is 3.77. The van der Waals surface area contributed by atoms with E-state index in [1.54, 1.807) is 11.3 Å². The zero-order chi connectivity index (χ0) is 14.1. The van der Waals surface area contributed by atoms with Crippen LogP contribution in [-0.4, -0.2) is 18.5 Å². The molecule has 1 aromatic heterocycles. The molecule has 1 amide bonds. The van der Waals surface area contributed by atoms with Crippen LogP contribution in [0.15, 0.2) is 0 Å². The van der Waals surface area contributed by atoms with E-state index in [0.29, 0.717) is 24.1 Å². The Labute approximate surface area is 123 Å². The predicted molar refractivity (Wildman–Crippen MR) is 79.9 cm³/mol. The van der Waals surface area contributed by atoms with Crippen molar-refractivity contribution in [2.24, 2.45) is 5.92 Å². The van der Waals surface area contributed by atoms with Crippen molar-refractivity contribution in [1.82, 2.24) is 5.32 Å². The van der Waals surface area contributed by atoms with E-state index >= 15 is 0 Å². The lowest BCUT2D eigenvalue weighted by molar-refractivity contribution is -0.115. The van der Waals surface area contributed by atoms with E-state index in [1.807, 2.05) is 0 Å². The molecule has 2 N–H and O–H groups in total. The molecule has 1 saturated carbocycles. The maximum absolute atomic E-state index is 11.9. The Hall–Kier alpha value is -1.38. The number of thiophene rings is 1. The van der Waals surface area contributed by atoms with E-state index < -0.39 is 0 Å². The van der Waals surface area contributed by atoms with Gasteiger partial charge in [0.05, 0.1) is 12.1 Å². The SMILES string of the molecule is CC1CCc2c(sc(NC(=O)CNC3CC3)c2C#N)C1. The molecule has 106 valence electrons. The summed E-state index contributed by atoms with van der Waals surface area (Å²) in [6, 6.07) is 2.80. The molecule has 1 atom stereocenters. The first-order valence-electron chi connectivity index (χ1n) is 7.25. The Bertz CT molecular complexity index is 568. The van der Waals surface area contributed by atoms with Crippen LogP contribution < -0.4 is 10.6 Å². The maximum atomic E-state index is 11.9. The van der Waals surface area contributed by atoms with Crippen LogP contribution in [0, 0.1) is 17.2 Å². The number of rotatable bonds is 4. The van der Waals surface area contributed by atoms with Crippen molar-refractivity contribution in [2.45, 2.75) is 45.1 Å². The molecule has 0 spiro atoms. The van der Waals surface area contributed by atoms with Gasteiger partial charge in [-0.25, -0.2) is 0 Å². The molecule has 2 aliphatic rings. The second-order valence-electron chi connectivity index (χ2n) is 5.87. The van der Waals surface area contributed by atoms with Crippen LogP contribution in [0.3, 0.4) is 0 Å². The number of carbonyl (C=O) groups excluding carboxylic acids is 1. The first kappa shape index (κ1) is 13.6. The van der Waals surface area contributed by atoms with Crippen molar-refractivity contribution in [3.8, 4) is 6.07 Å². The van der Waals surface area contributed by atoms with Gasteiger partial charge in [0.1, 0.15) is 11.1 Å². The van der Waals surface area contributed by atoms with Gasteiger partial charge in [0.25, 0.3) is 0 Å². The molecular weight excluding hydrogens is 270 g/mol. The normalized spacial score (nSPS) is 21.1. The zero-order valence-electron chi connectivity index (χ0n) is 11.7. The second-order valence-corrected chi connectivity index (χ2v) is 6.98. The van der Waals surface area contributed by atoms with E-state index in [4.69, 9.17) is 0 Å². The Balaban J connectivity index is 1.72. The lowest BCUT2D eigenvalue weighted by Crippen LogP contribution is -2.29. The molecule has 1 unspecified atom stereocenters. The highest BCUT2D eigenvalue weighted by atomic mass is 32.1. The van der Waals surface area contributed by atoms with E-state index in [9.17, 15) is 10.1 Å². The largest absolute Gasteiger partial charge is 0.315 e. The summed E-state index contributed by atoms with van der Waals surface area (Å²) in [7, 11) is 0. The van der Waals surface area contributed by atoms with E-state index in [2.05, 4.69) is 23.6 Å². The molecule has 0 saturated heterocycles. The summed E-state index contributed by atoms with van der Waals surface area (Å²) in [6.07, 6.45) is 5.47. The van der Waals surface area contributed by atoms with Crippen LogP contribution in [0.4, 0.5) is 5.00 Å². The molecule has 0 aliphatic heterocycles. The van der Waals surface area contributed by atoms with E-state index in [0.717, 1.165) is 24.3 Å². The van der Waals surface area contributed by atoms with Gasteiger partial charge in [0.15, 0.2) is 0 Å². The quantitative estimate of drug-likeness (QED) is 0.894. The monoisotopic (exact) mass is 289 g/mol. The van der Waals surface area contributed by atoms with Gasteiger partial charge in [-0.2, -0.15) is 5.26 Å². The molecule has 2 aliphatic carbocycles. The standard InChI is InChI=1S/C15H19N3OS/c1-9-2-5-11-12(7-16)15(20-13(11)6-9)18-14(19)8-17-10-3-4-10/h9-10,17H,2-6,8H2,1H3,(H,18,19). The molecule has 3 rings (SSSR count). The third kappa shape index (κ3) is 2.87. The van der Waals surface area contributed by atoms with Crippen LogP contribution >= 0.6 is 11.3 Å². The number of nitrogens with one attached hydrogen (secondary N) is 2. The number of fused-ring (bicyclic) bond motifs is 1. The molecule has 20 heavy (non-hydrogen) atoms. The Morgan fingerprint density at radius 1 is 1.45 bits per heavy atom. The topological polar surface area (TPSA) is 64.9 Å². The van der Waals surface area contributed by atoms with Crippen molar-refractivity contribution in [3.05, 3.63) is 16.0 Å². The van der Waals surface area contributed by atoms with Crippen LogP contribution in [0.1, 0.15) is 42.2 Å². The van der Waals surface area contributed by atoms with Gasteiger partial charge in [-0.05, 0) is 43.6 Å². The maximum Gasteiger partial charge on any atom is 0.238 e. The van der Waals surface area contributed by atoms with Crippen molar-refractivity contribution < 1.29 is 4.79 Å². The van der Waals surface area contributed by atoms with Crippen molar-refractivity contribution in [1.29, 1.82) is 5.26 Å². The van der Waals surface area contributed by atoms with Gasteiger partial charge in [0.2, 0.25) is 5.91 Å². The third-order valence-electron chi connectivity index (χ3n) is 4.01. The number of nitriles is 1. The van der Waals surface area contributed by atoms with Gasteiger partial charge in [-0.1, -0.05) is 6.92 Å². The lowest BCUT2D eigenvalue weighted by Gasteiger charge is -2.17. The first-order valence-corrected chi connectivity index (χ1v) is 8.07. The average Bonchev–Trinajstić information content (AvgIpc) is 3.18. The van der Waals surface area contributed by atoms with Crippen molar-refractivity contribution >= 4 is 22.2 Å². The molecule has 0 aromatic carbocycles. The summed E-state index contributed by atoms with van der Waals surface area (Å²) < 4.78 is 0. The third-order valence-corrected chi connectivity index (χ3v) is 5.17. The van der Waals surface area contributed by atoms with Gasteiger partial charge in [0, 0.05) is 10.9 Å². The van der Waals surface area contributed by atoms with Gasteiger partial charge >= 0.3 is 0 Å². The zero-order valence-corrected chi connectivity index (χ0v) is 12.5. The molecule has 0 bridgehead atoms. The number of carbonyl (C=O) groups is 1. The number of nitrogens with zero attached hydrogens (tertiary/aromatic N) is 1. The fourth-order valence-electron chi connectivity index (χ4n) is 2.65.